The second-order valence-corrected chi connectivity index (χ2v) is 6.00. The average Bonchev–Trinajstić information content (AvgIpc) is 2.92. The lowest BCUT2D eigenvalue weighted by molar-refractivity contribution is 0.0949. The van der Waals surface area contributed by atoms with Gasteiger partial charge in [0.1, 0.15) is 0 Å². The lowest BCUT2D eigenvalue weighted by Gasteiger charge is -2.08. The number of amides is 1. The van der Waals surface area contributed by atoms with Crippen LogP contribution in [0.5, 0.6) is 0 Å². The first kappa shape index (κ1) is 15.3. The van der Waals surface area contributed by atoms with Crippen molar-refractivity contribution in [2.75, 3.05) is 0 Å². The summed E-state index contributed by atoms with van der Waals surface area (Å²) in [6.45, 7) is 6.38. The number of carbonyl (C=O) groups is 1. The van der Waals surface area contributed by atoms with Gasteiger partial charge < -0.3 is 9.88 Å². The molecule has 23 heavy (non-hydrogen) atoms. The third-order valence-corrected chi connectivity index (χ3v) is 4.66. The summed E-state index contributed by atoms with van der Waals surface area (Å²) in [4.78, 5) is 12.5. The van der Waals surface area contributed by atoms with E-state index in [-0.39, 0.29) is 5.91 Å². The smallest absolute Gasteiger partial charge is 0.255 e. The van der Waals surface area contributed by atoms with Gasteiger partial charge in [-0.1, -0.05) is 18.2 Å². The van der Waals surface area contributed by atoms with Crippen molar-refractivity contribution in [3.63, 3.8) is 0 Å². The number of fused-ring (bicyclic) bond motifs is 1. The molecule has 5 nitrogen and oxygen atoms in total. The number of carbonyl (C=O) groups excluding carboxylic acids is 1. The van der Waals surface area contributed by atoms with Gasteiger partial charge in [-0.2, -0.15) is 5.10 Å². The molecule has 1 amide bonds. The molecular formula is C18H22N4O. The lowest BCUT2D eigenvalue weighted by atomic mass is 10.1. The number of aryl methyl sites for hydroxylation is 4. The molecule has 0 bridgehead atoms. The van der Waals surface area contributed by atoms with Crippen LogP contribution in [0.2, 0.25) is 0 Å². The van der Waals surface area contributed by atoms with E-state index in [2.05, 4.69) is 34.0 Å². The molecule has 0 spiro atoms. The van der Waals surface area contributed by atoms with E-state index in [4.69, 9.17) is 0 Å². The molecule has 120 valence electrons. The normalized spacial score (nSPS) is 11.2. The van der Waals surface area contributed by atoms with Crippen molar-refractivity contribution in [2.24, 2.45) is 14.1 Å². The molecule has 1 N–H and O–H groups in total. The van der Waals surface area contributed by atoms with Crippen LogP contribution < -0.4 is 5.32 Å². The maximum absolute atomic E-state index is 12.5. The van der Waals surface area contributed by atoms with E-state index in [1.807, 2.05) is 40.1 Å². The molecule has 0 aliphatic heterocycles. The summed E-state index contributed by atoms with van der Waals surface area (Å²) in [6, 6.07) is 8.29. The monoisotopic (exact) mass is 310 g/mol. The van der Waals surface area contributed by atoms with Gasteiger partial charge in [0.2, 0.25) is 0 Å². The van der Waals surface area contributed by atoms with Crippen LogP contribution in [-0.2, 0) is 20.6 Å². The maximum atomic E-state index is 12.5. The minimum Gasteiger partial charge on any atom is -0.346 e. The van der Waals surface area contributed by atoms with Gasteiger partial charge in [-0.15, -0.1) is 0 Å². The zero-order valence-corrected chi connectivity index (χ0v) is 14.3. The number of para-hydroxylation sites is 1. The fraction of sp³-hybridized carbons (Fsp3) is 0.333. The zero-order valence-electron chi connectivity index (χ0n) is 14.3. The van der Waals surface area contributed by atoms with Crippen LogP contribution in [0.25, 0.3) is 10.9 Å². The number of aromatic nitrogens is 3. The quantitative estimate of drug-likeness (QED) is 0.809. The molecule has 1 aromatic carbocycles. The van der Waals surface area contributed by atoms with Gasteiger partial charge in [-0.25, -0.2) is 0 Å². The highest BCUT2D eigenvalue weighted by Crippen LogP contribution is 2.24. The molecule has 0 aliphatic carbocycles. The highest BCUT2D eigenvalue weighted by atomic mass is 16.1. The summed E-state index contributed by atoms with van der Waals surface area (Å²) in [5, 5.41) is 8.58. The van der Waals surface area contributed by atoms with Crippen LogP contribution in [0, 0.1) is 20.8 Å². The molecule has 0 saturated heterocycles. The van der Waals surface area contributed by atoms with E-state index in [1.165, 1.54) is 16.5 Å². The number of nitrogens with zero attached hydrogens (tertiary/aromatic N) is 3. The summed E-state index contributed by atoms with van der Waals surface area (Å²) in [5.74, 6) is -0.0715. The third-order valence-electron chi connectivity index (χ3n) is 4.66. The van der Waals surface area contributed by atoms with Gasteiger partial charge in [0.15, 0.2) is 0 Å². The minimum absolute atomic E-state index is 0.0715. The van der Waals surface area contributed by atoms with Gasteiger partial charge >= 0.3 is 0 Å². The van der Waals surface area contributed by atoms with Gasteiger partial charge in [0.05, 0.1) is 17.8 Å². The van der Waals surface area contributed by atoms with Gasteiger partial charge in [-0.05, 0) is 32.4 Å². The van der Waals surface area contributed by atoms with Crippen molar-refractivity contribution in [1.29, 1.82) is 0 Å². The second kappa shape index (κ2) is 5.57. The minimum atomic E-state index is -0.0715. The predicted molar refractivity (Wildman–Crippen MR) is 91.5 cm³/mol. The van der Waals surface area contributed by atoms with Crippen LogP contribution in [0.15, 0.2) is 24.3 Å². The van der Waals surface area contributed by atoms with E-state index < -0.39 is 0 Å². The topological polar surface area (TPSA) is 51.9 Å². The molecule has 5 heteroatoms. The standard InChI is InChI=1S/C18H22N4O/c1-11-14-8-6-7-9-15(14)21(4)16(11)10-19-18(23)17-12(2)20-22(5)13(17)3/h6-9H,10H2,1-5H3,(H,19,23). The molecule has 0 atom stereocenters. The van der Waals surface area contributed by atoms with Crippen LogP contribution in [0.1, 0.15) is 33.0 Å². The lowest BCUT2D eigenvalue weighted by Crippen LogP contribution is -2.25. The molecular weight excluding hydrogens is 288 g/mol. The summed E-state index contributed by atoms with van der Waals surface area (Å²) in [5.41, 5.74) is 5.83. The fourth-order valence-corrected chi connectivity index (χ4v) is 3.24. The first-order valence-electron chi connectivity index (χ1n) is 7.73. The Morgan fingerprint density at radius 2 is 1.87 bits per heavy atom. The summed E-state index contributed by atoms with van der Waals surface area (Å²) < 4.78 is 3.89. The van der Waals surface area contributed by atoms with Crippen LogP contribution in [-0.4, -0.2) is 20.3 Å². The van der Waals surface area contributed by atoms with Gasteiger partial charge in [-0.3, -0.25) is 9.48 Å². The van der Waals surface area contributed by atoms with Crippen molar-refractivity contribution in [1.82, 2.24) is 19.7 Å². The van der Waals surface area contributed by atoms with E-state index in [1.54, 1.807) is 4.68 Å². The Morgan fingerprint density at radius 1 is 1.17 bits per heavy atom. The van der Waals surface area contributed by atoms with E-state index >= 15 is 0 Å². The zero-order chi connectivity index (χ0) is 16.7. The molecule has 3 rings (SSSR count). The molecule has 2 heterocycles. The molecule has 0 fully saturated rings. The fourth-order valence-electron chi connectivity index (χ4n) is 3.24. The molecule has 0 unspecified atom stereocenters. The van der Waals surface area contributed by atoms with Gasteiger partial charge in [0, 0.05) is 36.4 Å². The largest absolute Gasteiger partial charge is 0.346 e. The van der Waals surface area contributed by atoms with Crippen molar-refractivity contribution in [2.45, 2.75) is 27.3 Å². The van der Waals surface area contributed by atoms with Crippen LogP contribution >= 0.6 is 0 Å². The van der Waals surface area contributed by atoms with E-state index in [0.717, 1.165) is 17.1 Å². The predicted octanol–water partition coefficient (Wildman–Crippen LogP) is 2.77. The maximum Gasteiger partial charge on any atom is 0.255 e. The Hall–Kier alpha value is -2.56. The number of nitrogens with one attached hydrogen (secondary N) is 1. The number of hydrogen-bond acceptors (Lipinski definition) is 2. The highest BCUT2D eigenvalue weighted by Gasteiger charge is 2.18. The van der Waals surface area contributed by atoms with Crippen molar-refractivity contribution >= 4 is 16.8 Å². The van der Waals surface area contributed by atoms with Crippen molar-refractivity contribution in [3.05, 3.63) is 52.5 Å². The Morgan fingerprint density at radius 3 is 2.48 bits per heavy atom. The molecule has 0 radical (unpaired) electrons. The number of benzene rings is 1. The van der Waals surface area contributed by atoms with Crippen molar-refractivity contribution in [3.8, 4) is 0 Å². The van der Waals surface area contributed by atoms with Crippen LogP contribution in [0.3, 0.4) is 0 Å². The Bertz CT molecular complexity index is 863. The summed E-state index contributed by atoms with van der Waals surface area (Å²) in [7, 11) is 3.89. The Kier molecular flexibility index (Phi) is 3.72. The van der Waals surface area contributed by atoms with Crippen LogP contribution in [0.4, 0.5) is 0 Å². The summed E-state index contributed by atoms with van der Waals surface area (Å²) >= 11 is 0. The molecule has 3 aromatic rings. The van der Waals surface area contributed by atoms with E-state index in [0.29, 0.717) is 12.1 Å². The van der Waals surface area contributed by atoms with Crippen molar-refractivity contribution < 1.29 is 4.79 Å². The first-order valence-corrected chi connectivity index (χ1v) is 7.73. The second-order valence-electron chi connectivity index (χ2n) is 6.00. The number of hydrogen-bond donors (Lipinski definition) is 1. The summed E-state index contributed by atoms with van der Waals surface area (Å²) in [6.07, 6.45) is 0. The SMILES string of the molecule is Cc1nn(C)c(C)c1C(=O)NCc1c(C)c2ccccc2n1C. The Balaban J connectivity index is 1.88. The van der Waals surface area contributed by atoms with E-state index in [9.17, 15) is 4.79 Å². The molecule has 2 aromatic heterocycles. The average molecular weight is 310 g/mol. The number of rotatable bonds is 3. The molecule has 0 aliphatic rings. The molecule has 0 saturated carbocycles. The van der Waals surface area contributed by atoms with Gasteiger partial charge in [0.25, 0.3) is 5.91 Å². The third kappa shape index (κ3) is 2.42. The Labute approximate surface area is 135 Å². The highest BCUT2D eigenvalue weighted by molar-refractivity contribution is 5.96. The first-order chi connectivity index (χ1) is 10.9.